The normalized spacial score (nSPS) is 25.0. The third-order valence-corrected chi connectivity index (χ3v) is 4.15. The third kappa shape index (κ3) is 3.41. The summed E-state index contributed by atoms with van der Waals surface area (Å²) in [6.07, 6.45) is 2.64. The van der Waals surface area contributed by atoms with Crippen LogP contribution in [0.2, 0.25) is 0 Å². The van der Waals surface area contributed by atoms with Crippen molar-refractivity contribution in [2.24, 2.45) is 0 Å². The lowest BCUT2D eigenvalue weighted by Crippen LogP contribution is -2.41. The number of carbonyl (C=O) groups excluding carboxylic acids is 1. The maximum absolute atomic E-state index is 11.7. The molecule has 0 amide bonds. The summed E-state index contributed by atoms with van der Waals surface area (Å²) in [7, 11) is 0. The monoisotopic (exact) mass is 294 g/mol. The van der Waals surface area contributed by atoms with Crippen molar-refractivity contribution in [1.82, 2.24) is 19.9 Å². The van der Waals surface area contributed by atoms with Crippen molar-refractivity contribution in [3.8, 4) is 0 Å². The van der Waals surface area contributed by atoms with Crippen molar-refractivity contribution in [2.75, 3.05) is 32.8 Å². The molecule has 0 aliphatic carbocycles. The number of nitrogens with zero attached hydrogens (tertiary/aromatic N) is 4. The first-order chi connectivity index (χ1) is 10.3. The molecule has 21 heavy (non-hydrogen) atoms. The lowest BCUT2D eigenvalue weighted by molar-refractivity contribution is -0.142. The molecule has 1 aromatic heterocycles. The predicted molar refractivity (Wildman–Crippen MR) is 74.5 cm³/mol. The van der Waals surface area contributed by atoms with Gasteiger partial charge in [-0.3, -0.25) is 14.6 Å². The second kappa shape index (κ2) is 6.53. The van der Waals surface area contributed by atoms with Gasteiger partial charge in [0, 0.05) is 32.5 Å². The van der Waals surface area contributed by atoms with Crippen LogP contribution in [0, 0.1) is 0 Å². The largest absolute Gasteiger partial charge is 0.464 e. The van der Waals surface area contributed by atoms with Crippen LogP contribution in [0.15, 0.2) is 4.52 Å². The van der Waals surface area contributed by atoms with Crippen molar-refractivity contribution < 1.29 is 14.1 Å². The van der Waals surface area contributed by atoms with Crippen LogP contribution >= 0.6 is 0 Å². The van der Waals surface area contributed by atoms with Gasteiger partial charge in [0.25, 0.3) is 0 Å². The van der Waals surface area contributed by atoms with E-state index in [2.05, 4.69) is 19.9 Å². The van der Waals surface area contributed by atoms with Crippen molar-refractivity contribution in [3.63, 3.8) is 0 Å². The van der Waals surface area contributed by atoms with Gasteiger partial charge in [-0.25, -0.2) is 0 Å². The quantitative estimate of drug-likeness (QED) is 0.747. The molecule has 0 N–H and O–H groups in total. The SMILES string of the molecule is CCc1nc(CN2CCCN([C@H]3CCOC3=O)CC2)no1. The van der Waals surface area contributed by atoms with Crippen molar-refractivity contribution in [1.29, 1.82) is 0 Å². The highest BCUT2D eigenvalue weighted by atomic mass is 16.5. The first kappa shape index (κ1) is 14.5. The van der Waals surface area contributed by atoms with Crippen LogP contribution in [-0.4, -0.2) is 64.7 Å². The molecule has 0 spiro atoms. The molecule has 7 nitrogen and oxygen atoms in total. The van der Waals surface area contributed by atoms with E-state index < -0.39 is 0 Å². The number of aromatic nitrogens is 2. The zero-order valence-corrected chi connectivity index (χ0v) is 12.5. The molecule has 0 radical (unpaired) electrons. The first-order valence-electron chi connectivity index (χ1n) is 7.70. The topological polar surface area (TPSA) is 71.7 Å². The molecule has 0 unspecified atom stereocenters. The Morgan fingerprint density at radius 1 is 1.29 bits per heavy atom. The molecule has 1 aromatic rings. The molecule has 116 valence electrons. The maximum Gasteiger partial charge on any atom is 0.323 e. The molecular formula is C14H22N4O3. The smallest absolute Gasteiger partial charge is 0.323 e. The lowest BCUT2D eigenvalue weighted by atomic mass is 10.2. The fourth-order valence-corrected chi connectivity index (χ4v) is 2.98. The van der Waals surface area contributed by atoms with E-state index in [1.807, 2.05) is 6.92 Å². The molecular weight excluding hydrogens is 272 g/mol. The van der Waals surface area contributed by atoms with Gasteiger partial charge < -0.3 is 9.26 Å². The summed E-state index contributed by atoms with van der Waals surface area (Å²) in [4.78, 5) is 20.6. The lowest BCUT2D eigenvalue weighted by Gasteiger charge is -2.24. The molecule has 2 fully saturated rings. The Hall–Kier alpha value is -1.47. The second-order valence-electron chi connectivity index (χ2n) is 5.60. The highest BCUT2D eigenvalue weighted by Crippen LogP contribution is 2.17. The first-order valence-corrected chi connectivity index (χ1v) is 7.70. The van der Waals surface area contributed by atoms with E-state index in [1.165, 1.54) is 0 Å². The van der Waals surface area contributed by atoms with E-state index in [-0.39, 0.29) is 12.0 Å². The van der Waals surface area contributed by atoms with Gasteiger partial charge in [-0.05, 0) is 13.0 Å². The third-order valence-electron chi connectivity index (χ3n) is 4.15. The Balaban J connectivity index is 1.54. The highest BCUT2D eigenvalue weighted by molar-refractivity contribution is 5.77. The van der Waals surface area contributed by atoms with Crippen LogP contribution < -0.4 is 0 Å². The summed E-state index contributed by atoms with van der Waals surface area (Å²) < 4.78 is 10.2. The summed E-state index contributed by atoms with van der Waals surface area (Å²) in [5.74, 6) is 1.38. The van der Waals surface area contributed by atoms with Crippen LogP contribution in [-0.2, 0) is 22.5 Å². The Labute approximate surface area is 124 Å². The summed E-state index contributed by atoms with van der Waals surface area (Å²) in [6, 6.07) is -0.0400. The number of hydrogen-bond acceptors (Lipinski definition) is 7. The van der Waals surface area contributed by atoms with E-state index in [4.69, 9.17) is 9.26 Å². The average molecular weight is 294 g/mol. The number of aryl methyl sites for hydroxylation is 1. The minimum absolute atomic E-state index is 0.0400. The molecule has 2 aliphatic rings. The summed E-state index contributed by atoms with van der Waals surface area (Å²) in [5, 5.41) is 4.00. The fourth-order valence-electron chi connectivity index (χ4n) is 2.98. The van der Waals surface area contributed by atoms with E-state index in [1.54, 1.807) is 0 Å². The maximum atomic E-state index is 11.7. The van der Waals surface area contributed by atoms with Gasteiger partial charge in [0.1, 0.15) is 6.04 Å². The van der Waals surface area contributed by atoms with Crippen LogP contribution in [0.5, 0.6) is 0 Å². The molecule has 7 heteroatoms. The molecule has 0 saturated carbocycles. The number of rotatable bonds is 4. The summed E-state index contributed by atoms with van der Waals surface area (Å²) in [5.41, 5.74) is 0. The van der Waals surface area contributed by atoms with E-state index in [0.717, 1.165) is 51.3 Å². The van der Waals surface area contributed by atoms with Crippen LogP contribution in [0.25, 0.3) is 0 Å². The number of hydrogen-bond donors (Lipinski definition) is 0. The summed E-state index contributed by atoms with van der Waals surface area (Å²) in [6.45, 7) is 7.02. The van der Waals surface area contributed by atoms with Gasteiger partial charge in [-0.1, -0.05) is 12.1 Å². The van der Waals surface area contributed by atoms with Crippen LogP contribution in [0.4, 0.5) is 0 Å². The Bertz CT molecular complexity index is 490. The molecule has 2 aliphatic heterocycles. The second-order valence-corrected chi connectivity index (χ2v) is 5.60. The molecule has 0 bridgehead atoms. The molecule has 2 saturated heterocycles. The van der Waals surface area contributed by atoms with Crippen molar-refractivity contribution in [2.45, 2.75) is 38.8 Å². The van der Waals surface area contributed by atoms with Gasteiger partial charge in [-0.2, -0.15) is 4.98 Å². The van der Waals surface area contributed by atoms with E-state index in [0.29, 0.717) is 19.0 Å². The Kier molecular flexibility index (Phi) is 4.50. The van der Waals surface area contributed by atoms with Crippen molar-refractivity contribution >= 4 is 5.97 Å². The van der Waals surface area contributed by atoms with E-state index in [9.17, 15) is 4.79 Å². The Morgan fingerprint density at radius 3 is 2.90 bits per heavy atom. The summed E-state index contributed by atoms with van der Waals surface area (Å²) >= 11 is 0. The standard InChI is InChI=1S/C14H22N4O3/c1-2-13-15-12(16-21-13)10-17-5-3-6-18(8-7-17)11-4-9-20-14(11)19/h11H,2-10H2,1H3/t11-/m0/s1. The molecule has 1 atom stereocenters. The number of cyclic esters (lactones) is 1. The van der Waals surface area contributed by atoms with E-state index >= 15 is 0 Å². The number of esters is 1. The molecule has 3 rings (SSSR count). The predicted octanol–water partition coefficient (Wildman–Crippen LogP) is 0.455. The van der Waals surface area contributed by atoms with Gasteiger partial charge in [-0.15, -0.1) is 0 Å². The average Bonchev–Trinajstić information content (AvgIpc) is 3.04. The zero-order valence-electron chi connectivity index (χ0n) is 12.5. The van der Waals surface area contributed by atoms with Gasteiger partial charge >= 0.3 is 5.97 Å². The zero-order chi connectivity index (χ0) is 14.7. The van der Waals surface area contributed by atoms with Gasteiger partial charge in [0.05, 0.1) is 13.2 Å². The van der Waals surface area contributed by atoms with Crippen molar-refractivity contribution in [3.05, 3.63) is 11.7 Å². The molecule has 0 aromatic carbocycles. The fraction of sp³-hybridized carbons (Fsp3) is 0.786. The van der Waals surface area contributed by atoms with Gasteiger partial charge in [0.2, 0.25) is 5.89 Å². The minimum Gasteiger partial charge on any atom is -0.464 e. The molecule has 3 heterocycles. The number of carbonyl (C=O) groups is 1. The highest BCUT2D eigenvalue weighted by Gasteiger charge is 2.33. The minimum atomic E-state index is -0.0609. The van der Waals surface area contributed by atoms with Gasteiger partial charge in [0.15, 0.2) is 5.82 Å². The van der Waals surface area contributed by atoms with Crippen LogP contribution in [0.3, 0.4) is 0 Å². The number of ether oxygens (including phenoxy) is 1. The Morgan fingerprint density at radius 2 is 2.19 bits per heavy atom. The van der Waals surface area contributed by atoms with Crippen LogP contribution in [0.1, 0.15) is 31.5 Å².